The number of Topliss-reactive ketones (excluding diaryl/α,β-unsaturated/α-hetero) is 1. The van der Waals surface area contributed by atoms with E-state index < -0.39 is 11.9 Å². The highest BCUT2D eigenvalue weighted by Gasteiger charge is 2.08. The summed E-state index contributed by atoms with van der Waals surface area (Å²) >= 11 is 0. The van der Waals surface area contributed by atoms with Crippen LogP contribution in [0.3, 0.4) is 0 Å². The van der Waals surface area contributed by atoms with Gasteiger partial charge in [0.1, 0.15) is 19.0 Å². The van der Waals surface area contributed by atoms with E-state index >= 15 is 0 Å². The number of esters is 2. The lowest BCUT2D eigenvalue weighted by atomic mass is 10.1. The number of ketones is 1. The first kappa shape index (κ1) is 15.8. The Hall–Kier alpha value is -2.21. The Morgan fingerprint density at radius 2 is 1.60 bits per heavy atom. The summed E-state index contributed by atoms with van der Waals surface area (Å²) in [6.45, 7) is 2.73. The molecule has 108 valence electrons. The third-order valence-electron chi connectivity index (χ3n) is 2.24. The molecule has 0 fully saturated rings. The van der Waals surface area contributed by atoms with Gasteiger partial charge in [0, 0.05) is 5.56 Å². The van der Waals surface area contributed by atoms with Crippen molar-refractivity contribution >= 4 is 17.7 Å². The third-order valence-corrected chi connectivity index (χ3v) is 2.24. The Bertz CT molecular complexity index is 477. The van der Waals surface area contributed by atoms with Crippen molar-refractivity contribution in [2.75, 3.05) is 19.8 Å². The molecule has 0 saturated heterocycles. The van der Waals surface area contributed by atoms with Gasteiger partial charge in [0.05, 0.1) is 6.61 Å². The number of rotatable bonds is 7. The number of carbonyl (C=O) groups is 3. The van der Waals surface area contributed by atoms with Crippen molar-refractivity contribution in [3.63, 3.8) is 0 Å². The first-order valence-electron chi connectivity index (χ1n) is 6.08. The first-order valence-corrected chi connectivity index (χ1v) is 6.08. The van der Waals surface area contributed by atoms with Gasteiger partial charge < -0.3 is 14.2 Å². The molecule has 6 nitrogen and oxygen atoms in total. The SMILES string of the molecule is CCOC(=O)COCC(=O)Oc1ccc(C(C)=O)cc1. The maximum atomic E-state index is 11.4. The number of ether oxygens (including phenoxy) is 3. The Balaban J connectivity index is 2.35. The molecular weight excluding hydrogens is 264 g/mol. The van der Waals surface area contributed by atoms with Gasteiger partial charge in [-0.2, -0.15) is 0 Å². The second kappa shape index (κ2) is 8.06. The molecule has 0 N–H and O–H groups in total. The van der Waals surface area contributed by atoms with Crippen molar-refractivity contribution in [2.24, 2.45) is 0 Å². The summed E-state index contributed by atoms with van der Waals surface area (Å²) in [7, 11) is 0. The highest BCUT2D eigenvalue weighted by Crippen LogP contribution is 2.12. The maximum absolute atomic E-state index is 11.4. The molecule has 1 rings (SSSR count). The molecule has 0 amide bonds. The van der Waals surface area contributed by atoms with Gasteiger partial charge in [-0.25, -0.2) is 9.59 Å². The van der Waals surface area contributed by atoms with E-state index in [9.17, 15) is 14.4 Å². The Morgan fingerprint density at radius 1 is 1.00 bits per heavy atom. The van der Waals surface area contributed by atoms with E-state index in [1.807, 2.05) is 0 Å². The summed E-state index contributed by atoms with van der Waals surface area (Å²) in [6.07, 6.45) is 0. The minimum absolute atomic E-state index is 0.0688. The van der Waals surface area contributed by atoms with Crippen molar-refractivity contribution in [3.05, 3.63) is 29.8 Å². The van der Waals surface area contributed by atoms with Crippen molar-refractivity contribution in [2.45, 2.75) is 13.8 Å². The molecule has 0 aliphatic carbocycles. The van der Waals surface area contributed by atoms with Gasteiger partial charge in [0.25, 0.3) is 0 Å². The molecule has 0 aliphatic heterocycles. The fourth-order valence-corrected chi connectivity index (χ4v) is 1.34. The van der Waals surface area contributed by atoms with E-state index in [1.165, 1.54) is 19.1 Å². The monoisotopic (exact) mass is 280 g/mol. The van der Waals surface area contributed by atoms with Crippen LogP contribution in [0.1, 0.15) is 24.2 Å². The molecule has 0 atom stereocenters. The van der Waals surface area contributed by atoms with Crippen LogP contribution < -0.4 is 4.74 Å². The summed E-state index contributed by atoms with van der Waals surface area (Å²) in [5.41, 5.74) is 0.531. The molecule has 6 heteroatoms. The van der Waals surface area contributed by atoms with E-state index in [2.05, 4.69) is 4.74 Å². The highest BCUT2D eigenvalue weighted by atomic mass is 16.6. The van der Waals surface area contributed by atoms with E-state index in [0.29, 0.717) is 11.3 Å². The van der Waals surface area contributed by atoms with E-state index in [-0.39, 0.29) is 25.6 Å². The van der Waals surface area contributed by atoms with Crippen LogP contribution in [-0.4, -0.2) is 37.5 Å². The van der Waals surface area contributed by atoms with Gasteiger partial charge in [-0.05, 0) is 38.1 Å². The van der Waals surface area contributed by atoms with Gasteiger partial charge in [-0.1, -0.05) is 0 Å². The zero-order valence-electron chi connectivity index (χ0n) is 11.4. The zero-order chi connectivity index (χ0) is 15.0. The second-order valence-corrected chi connectivity index (χ2v) is 3.85. The van der Waals surface area contributed by atoms with E-state index in [1.54, 1.807) is 19.1 Å². The number of benzene rings is 1. The molecule has 0 spiro atoms. The summed E-state index contributed by atoms with van der Waals surface area (Å²) in [6, 6.07) is 6.15. The minimum atomic E-state index is -0.634. The normalized spacial score (nSPS) is 9.90. The molecule has 0 aliphatic rings. The van der Waals surface area contributed by atoms with Crippen molar-refractivity contribution < 1.29 is 28.6 Å². The van der Waals surface area contributed by atoms with E-state index in [4.69, 9.17) is 9.47 Å². The molecule has 1 aromatic rings. The predicted molar refractivity (Wildman–Crippen MR) is 69.5 cm³/mol. The van der Waals surface area contributed by atoms with Gasteiger partial charge in [0.2, 0.25) is 0 Å². The quantitative estimate of drug-likeness (QED) is 0.426. The van der Waals surface area contributed by atoms with Crippen molar-refractivity contribution in [1.82, 2.24) is 0 Å². The topological polar surface area (TPSA) is 78.9 Å². The van der Waals surface area contributed by atoms with Crippen molar-refractivity contribution in [3.8, 4) is 5.75 Å². The second-order valence-electron chi connectivity index (χ2n) is 3.85. The zero-order valence-corrected chi connectivity index (χ0v) is 11.4. The van der Waals surface area contributed by atoms with Gasteiger partial charge >= 0.3 is 11.9 Å². The first-order chi connectivity index (χ1) is 9.52. The van der Waals surface area contributed by atoms with Gasteiger partial charge in [-0.3, -0.25) is 4.79 Å². The maximum Gasteiger partial charge on any atom is 0.337 e. The van der Waals surface area contributed by atoms with Crippen LogP contribution in [0.15, 0.2) is 24.3 Å². The van der Waals surface area contributed by atoms with Crippen LogP contribution in [0.4, 0.5) is 0 Å². The highest BCUT2D eigenvalue weighted by molar-refractivity contribution is 5.94. The predicted octanol–water partition coefficient (Wildman–Crippen LogP) is 1.37. The third kappa shape index (κ3) is 5.62. The van der Waals surface area contributed by atoms with Gasteiger partial charge in [-0.15, -0.1) is 0 Å². The fourth-order valence-electron chi connectivity index (χ4n) is 1.34. The lowest BCUT2D eigenvalue weighted by Crippen LogP contribution is -2.20. The molecule has 0 saturated carbocycles. The standard InChI is InChI=1S/C14H16O6/c1-3-19-13(16)8-18-9-14(17)20-12-6-4-11(5-7-12)10(2)15/h4-7H,3,8-9H2,1-2H3. The molecule has 0 unspecified atom stereocenters. The van der Waals surface area contributed by atoms with Crippen LogP contribution in [0, 0.1) is 0 Å². The minimum Gasteiger partial charge on any atom is -0.464 e. The molecule has 0 aromatic heterocycles. The van der Waals surface area contributed by atoms with Crippen LogP contribution in [0.25, 0.3) is 0 Å². The number of hydrogen-bond acceptors (Lipinski definition) is 6. The smallest absolute Gasteiger partial charge is 0.337 e. The lowest BCUT2D eigenvalue weighted by molar-refractivity contribution is -0.151. The Kier molecular flexibility index (Phi) is 6.39. The summed E-state index contributed by atoms with van der Waals surface area (Å²) in [5, 5.41) is 0. The fraction of sp³-hybridized carbons (Fsp3) is 0.357. The van der Waals surface area contributed by atoms with Crippen LogP contribution in [-0.2, 0) is 19.1 Å². The molecule has 0 bridgehead atoms. The summed E-state index contributed by atoms with van der Waals surface area (Å²) in [5.74, 6) is -0.934. The van der Waals surface area contributed by atoms with Gasteiger partial charge in [0.15, 0.2) is 5.78 Å². The average molecular weight is 280 g/mol. The summed E-state index contributed by atoms with van der Waals surface area (Å²) < 4.78 is 14.4. The average Bonchev–Trinajstić information content (AvgIpc) is 2.39. The molecular formula is C14H16O6. The van der Waals surface area contributed by atoms with Crippen LogP contribution >= 0.6 is 0 Å². The van der Waals surface area contributed by atoms with Crippen LogP contribution in [0.2, 0.25) is 0 Å². The summed E-state index contributed by atoms with van der Waals surface area (Å²) in [4.78, 5) is 33.4. The molecule has 1 aromatic carbocycles. The van der Waals surface area contributed by atoms with Crippen molar-refractivity contribution in [1.29, 1.82) is 0 Å². The van der Waals surface area contributed by atoms with E-state index in [0.717, 1.165) is 0 Å². The Morgan fingerprint density at radius 3 is 2.15 bits per heavy atom. The number of carbonyl (C=O) groups excluding carboxylic acids is 3. The molecule has 20 heavy (non-hydrogen) atoms. The molecule has 0 radical (unpaired) electrons. The Labute approximate surface area is 116 Å². The molecule has 0 heterocycles. The number of hydrogen-bond donors (Lipinski definition) is 0. The largest absolute Gasteiger partial charge is 0.464 e. The van der Waals surface area contributed by atoms with Crippen LogP contribution in [0.5, 0.6) is 5.75 Å². The lowest BCUT2D eigenvalue weighted by Gasteiger charge is -2.05.